The molecule has 1 unspecified atom stereocenters. The molecule has 1 N–H and O–H groups in total. The Morgan fingerprint density at radius 1 is 1.17 bits per heavy atom. The third-order valence-electron chi connectivity index (χ3n) is 4.98. The Morgan fingerprint density at radius 3 is 2.52 bits per heavy atom. The second kappa shape index (κ2) is 9.97. The number of hydrogen-bond acceptors (Lipinski definition) is 4. The van der Waals surface area contributed by atoms with Crippen LogP contribution in [0.25, 0.3) is 0 Å². The van der Waals surface area contributed by atoms with E-state index in [9.17, 15) is 12.8 Å². The molecule has 2 aromatic carbocycles. The van der Waals surface area contributed by atoms with Crippen molar-refractivity contribution >= 4 is 21.8 Å². The van der Waals surface area contributed by atoms with Crippen molar-refractivity contribution in [3.05, 3.63) is 70.5 Å². The van der Waals surface area contributed by atoms with E-state index in [4.69, 9.17) is 16.3 Å². The number of rotatable bonds is 8. The minimum Gasteiger partial charge on any atom is -0.379 e. The minimum atomic E-state index is -3.83. The Balaban J connectivity index is 1.72. The van der Waals surface area contributed by atoms with Crippen molar-refractivity contribution in [1.29, 1.82) is 0 Å². The van der Waals surface area contributed by atoms with E-state index in [1.54, 1.807) is 0 Å². The third-order valence-corrected chi connectivity index (χ3v) is 6.82. The van der Waals surface area contributed by atoms with Crippen LogP contribution in [-0.2, 0) is 21.5 Å². The van der Waals surface area contributed by atoms with Crippen molar-refractivity contribution in [2.45, 2.75) is 12.6 Å². The molecule has 3 rings (SSSR count). The first-order chi connectivity index (χ1) is 13.9. The van der Waals surface area contributed by atoms with E-state index in [1.165, 1.54) is 25.2 Å². The molecular weight excluding hydrogens is 417 g/mol. The van der Waals surface area contributed by atoms with Crippen LogP contribution in [0.1, 0.15) is 17.2 Å². The van der Waals surface area contributed by atoms with E-state index in [-0.39, 0.29) is 29.7 Å². The average molecular weight is 442 g/mol. The van der Waals surface area contributed by atoms with Crippen molar-refractivity contribution in [2.24, 2.45) is 0 Å². The number of benzene rings is 2. The highest BCUT2D eigenvalue weighted by Crippen LogP contribution is 2.23. The van der Waals surface area contributed by atoms with E-state index in [1.807, 2.05) is 30.3 Å². The topological polar surface area (TPSA) is 61.9 Å². The van der Waals surface area contributed by atoms with Gasteiger partial charge in [0.05, 0.1) is 13.2 Å². The van der Waals surface area contributed by atoms with E-state index in [0.717, 1.165) is 23.0 Å². The van der Waals surface area contributed by atoms with Crippen LogP contribution in [0.2, 0.25) is 5.02 Å². The van der Waals surface area contributed by atoms with Gasteiger partial charge in [0.15, 0.2) is 0 Å². The van der Waals surface area contributed by atoms with Crippen molar-refractivity contribution in [1.82, 2.24) is 13.9 Å². The summed E-state index contributed by atoms with van der Waals surface area (Å²) in [5.41, 5.74) is 1.17. The molecule has 29 heavy (non-hydrogen) atoms. The van der Waals surface area contributed by atoms with Gasteiger partial charge in [0.25, 0.3) is 10.2 Å². The molecule has 0 aliphatic carbocycles. The molecule has 158 valence electrons. The van der Waals surface area contributed by atoms with Crippen LogP contribution in [0.4, 0.5) is 4.39 Å². The number of halogens is 2. The lowest BCUT2D eigenvalue weighted by molar-refractivity contribution is 0.0171. The van der Waals surface area contributed by atoms with Gasteiger partial charge in [0.1, 0.15) is 5.82 Å². The molecule has 1 aliphatic heterocycles. The van der Waals surface area contributed by atoms with Crippen LogP contribution in [0.3, 0.4) is 0 Å². The van der Waals surface area contributed by atoms with Gasteiger partial charge in [-0.25, -0.2) is 9.11 Å². The van der Waals surface area contributed by atoms with E-state index in [0.29, 0.717) is 13.2 Å². The summed E-state index contributed by atoms with van der Waals surface area (Å²) in [4.78, 5) is 2.20. The number of morpholine rings is 1. The zero-order valence-electron chi connectivity index (χ0n) is 16.2. The zero-order chi connectivity index (χ0) is 20.9. The molecule has 1 heterocycles. The summed E-state index contributed by atoms with van der Waals surface area (Å²) in [5.74, 6) is -0.532. The van der Waals surface area contributed by atoms with E-state index >= 15 is 0 Å². The normalized spacial score (nSPS) is 16.8. The number of hydrogen-bond donors (Lipinski definition) is 1. The molecule has 1 atom stereocenters. The summed E-state index contributed by atoms with van der Waals surface area (Å²) < 4.78 is 48.8. The first kappa shape index (κ1) is 22.1. The molecule has 1 aliphatic rings. The molecule has 1 fully saturated rings. The monoisotopic (exact) mass is 441 g/mol. The first-order valence-electron chi connectivity index (χ1n) is 9.39. The van der Waals surface area contributed by atoms with Gasteiger partial charge in [-0.1, -0.05) is 48.0 Å². The SMILES string of the molecule is CN(Cc1c(F)cccc1Cl)S(=O)(=O)NCC(c1ccccc1)N1CCOCC1. The first-order valence-corrected chi connectivity index (χ1v) is 11.2. The molecule has 0 aromatic heterocycles. The lowest BCUT2D eigenvalue weighted by Gasteiger charge is -2.35. The fourth-order valence-electron chi connectivity index (χ4n) is 3.31. The lowest BCUT2D eigenvalue weighted by Crippen LogP contribution is -2.46. The molecule has 2 aromatic rings. The summed E-state index contributed by atoms with van der Waals surface area (Å²) in [6, 6.07) is 13.9. The van der Waals surface area contributed by atoms with Crippen molar-refractivity contribution in [3.63, 3.8) is 0 Å². The predicted molar refractivity (Wildman–Crippen MR) is 111 cm³/mol. The molecule has 0 amide bonds. The second-order valence-electron chi connectivity index (χ2n) is 6.88. The van der Waals surface area contributed by atoms with Crippen LogP contribution in [0, 0.1) is 5.82 Å². The summed E-state index contributed by atoms with van der Waals surface area (Å²) in [5, 5.41) is 0.197. The number of nitrogens with one attached hydrogen (secondary N) is 1. The van der Waals surface area contributed by atoms with Gasteiger partial charge in [-0.15, -0.1) is 0 Å². The summed E-state index contributed by atoms with van der Waals surface area (Å²) >= 11 is 6.03. The molecule has 1 saturated heterocycles. The van der Waals surface area contributed by atoms with Crippen molar-refractivity contribution in [3.8, 4) is 0 Å². The van der Waals surface area contributed by atoms with Crippen molar-refractivity contribution in [2.75, 3.05) is 39.9 Å². The highest BCUT2D eigenvalue weighted by Gasteiger charge is 2.26. The predicted octanol–water partition coefficient (Wildman–Crippen LogP) is 2.82. The molecule has 0 spiro atoms. The van der Waals surface area contributed by atoms with Gasteiger partial charge in [-0.05, 0) is 17.7 Å². The van der Waals surface area contributed by atoms with Crippen molar-refractivity contribution < 1.29 is 17.5 Å². The average Bonchev–Trinajstić information content (AvgIpc) is 2.72. The Bertz CT molecular complexity index is 888. The fraction of sp³-hybridized carbons (Fsp3) is 0.400. The van der Waals surface area contributed by atoms with Gasteiger partial charge in [0, 0.05) is 49.9 Å². The molecule has 6 nitrogen and oxygen atoms in total. The van der Waals surface area contributed by atoms with E-state index < -0.39 is 16.0 Å². The maximum absolute atomic E-state index is 14.0. The van der Waals surface area contributed by atoms with Crippen LogP contribution in [0.5, 0.6) is 0 Å². The number of ether oxygens (including phenoxy) is 1. The zero-order valence-corrected chi connectivity index (χ0v) is 17.8. The smallest absolute Gasteiger partial charge is 0.279 e. The van der Waals surface area contributed by atoms with Crippen LogP contribution in [-0.4, -0.2) is 57.5 Å². The second-order valence-corrected chi connectivity index (χ2v) is 9.15. The molecule has 0 radical (unpaired) electrons. The number of nitrogens with zero attached hydrogens (tertiary/aromatic N) is 2. The standard InChI is InChI=1S/C20H25ClFN3O3S/c1-24(15-17-18(21)8-5-9-19(17)22)29(26,27)23-14-20(16-6-3-2-4-7-16)25-10-12-28-13-11-25/h2-9,20,23H,10-15H2,1H3. The highest BCUT2D eigenvalue weighted by molar-refractivity contribution is 7.87. The Labute approximate surface area is 176 Å². The highest BCUT2D eigenvalue weighted by atomic mass is 35.5. The van der Waals surface area contributed by atoms with Gasteiger partial charge in [0.2, 0.25) is 0 Å². The molecule has 0 bridgehead atoms. The van der Waals surface area contributed by atoms with Gasteiger partial charge in [-0.3, -0.25) is 4.90 Å². The van der Waals surface area contributed by atoms with Crippen LogP contribution >= 0.6 is 11.6 Å². The third kappa shape index (κ3) is 5.75. The quantitative estimate of drug-likeness (QED) is 0.684. The maximum atomic E-state index is 14.0. The molecular formula is C20H25ClFN3O3S. The summed E-state index contributed by atoms with van der Waals surface area (Å²) in [6.07, 6.45) is 0. The fourth-order valence-corrected chi connectivity index (χ4v) is 4.42. The van der Waals surface area contributed by atoms with Gasteiger partial charge < -0.3 is 4.74 Å². The molecule has 9 heteroatoms. The van der Waals surface area contributed by atoms with Crippen LogP contribution < -0.4 is 4.72 Å². The Morgan fingerprint density at radius 2 is 1.86 bits per heavy atom. The lowest BCUT2D eigenvalue weighted by atomic mass is 10.1. The van der Waals surface area contributed by atoms with Gasteiger partial charge >= 0.3 is 0 Å². The summed E-state index contributed by atoms with van der Waals surface area (Å²) in [6.45, 7) is 2.71. The Kier molecular flexibility index (Phi) is 7.61. The van der Waals surface area contributed by atoms with E-state index in [2.05, 4.69) is 9.62 Å². The van der Waals surface area contributed by atoms with Crippen LogP contribution in [0.15, 0.2) is 48.5 Å². The molecule has 0 saturated carbocycles. The maximum Gasteiger partial charge on any atom is 0.279 e. The largest absolute Gasteiger partial charge is 0.379 e. The minimum absolute atomic E-state index is 0.125. The van der Waals surface area contributed by atoms with Gasteiger partial charge in [-0.2, -0.15) is 12.7 Å². The Hall–Kier alpha value is -1.55. The summed E-state index contributed by atoms with van der Waals surface area (Å²) in [7, 11) is -2.43.